The lowest BCUT2D eigenvalue weighted by atomic mass is 10.1. The Labute approximate surface area is 96.8 Å². The Morgan fingerprint density at radius 1 is 1.50 bits per heavy atom. The van der Waals surface area contributed by atoms with Crippen LogP contribution in [0.5, 0.6) is 0 Å². The minimum absolute atomic E-state index is 0.0432. The van der Waals surface area contributed by atoms with Crippen molar-refractivity contribution in [2.75, 3.05) is 5.73 Å². The summed E-state index contributed by atoms with van der Waals surface area (Å²) in [6.45, 7) is 1.90. The zero-order chi connectivity index (χ0) is 11.7. The fourth-order valence-electron chi connectivity index (χ4n) is 1.32. The van der Waals surface area contributed by atoms with Gasteiger partial charge in [0, 0.05) is 0 Å². The van der Waals surface area contributed by atoms with E-state index in [4.69, 9.17) is 17.3 Å². The molecule has 0 amide bonds. The summed E-state index contributed by atoms with van der Waals surface area (Å²) in [5.74, 6) is -0.297. The monoisotopic (exact) mass is 236 g/mol. The maximum atomic E-state index is 12.0. The van der Waals surface area contributed by atoms with E-state index >= 15 is 0 Å². The Hall–Kier alpha value is -1.88. The van der Waals surface area contributed by atoms with Crippen LogP contribution in [-0.2, 0) is 0 Å². The van der Waals surface area contributed by atoms with Gasteiger partial charge in [0.25, 0.3) is 5.91 Å². The first kappa shape index (κ1) is 10.6. The smallest absolute Gasteiger partial charge is 0.267 e. The van der Waals surface area contributed by atoms with Crippen molar-refractivity contribution in [3.8, 4) is 0 Å². The molecule has 16 heavy (non-hydrogen) atoms. The van der Waals surface area contributed by atoms with Crippen LogP contribution in [0.4, 0.5) is 5.95 Å². The van der Waals surface area contributed by atoms with Crippen LogP contribution in [0.15, 0.2) is 24.5 Å². The Morgan fingerprint density at radius 3 is 2.81 bits per heavy atom. The third kappa shape index (κ3) is 1.77. The van der Waals surface area contributed by atoms with Crippen LogP contribution in [0.25, 0.3) is 0 Å². The van der Waals surface area contributed by atoms with E-state index < -0.39 is 0 Å². The van der Waals surface area contributed by atoms with Crippen molar-refractivity contribution in [3.05, 3.63) is 40.7 Å². The van der Waals surface area contributed by atoms with Gasteiger partial charge in [0.1, 0.15) is 6.33 Å². The van der Waals surface area contributed by atoms with Gasteiger partial charge in [-0.25, -0.2) is 4.57 Å². The van der Waals surface area contributed by atoms with Gasteiger partial charge in [-0.05, 0) is 24.6 Å². The van der Waals surface area contributed by atoms with Crippen molar-refractivity contribution in [1.82, 2.24) is 14.8 Å². The van der Waals surface area contributed by atoms with Gasteiger partial charge in [0.05, 0.1) is 10.6 Å². The molecular formula is C10H9ClN4O. The van der Waals surface area contributed by atoms with Crippen LogP contribution in [0, 0.1) is 6.92 Å². The number of aryl methyl sites for hydroxylation is 1. The molecule has 0 spiro atoms. The lowest BCUT2D eigenvalue weighted by Gasteiger charge is -2.05. The summed E-state index contributed by atoms with van der Waals surface area (Å²) < 4.78 is 1.15. The maximum absolute atomic E-state index is 12.0. The number of nitrogen functional groups attached to an aromatic ring is 1. The molecular weight excluding hydrogens is 228 g/mol. The molecule has 1 aromatic carbocycles. The maximum Gasteiger partial charge on any atom is 0.267 e. The van der Waals surface area contributed by atoms with Gasteiger partial charge in [-0.1, -0.05) is 17.7 Å². The first-order chi connectivity index (χ1) is 7.59. The van der Waals surface area contributed by atoms with Gasteiger partial charge in [0.2, 0.25) is 5.95 Å². The van der Waals surface area contributed by atoms with E-state index in [0.29, 0.717) is 10.6 Å². The van der Waals surface area contributed by atoms with Gasteiger partial charge >= 0.3 is 0 Å². The van der Waals surface area contributed by atoms with Gasteiger partial charge in [-0.15, -0.1) is 10.2 Å². The number of benzene rings is 1. The molecule has 2 N–H and O–H groups in total. The minimum Gasteiger partial charge on any atom is -0.368 e. The number of hydrogen-bond acceptors (Lipinski definition) is 4. The highest BCUT2D eigenvalue weighted by atomic mass is 35.5. The van der Waals surface area contributed by atoms with Crippen LogP contribution in [-0.4, -0.2) is 20.7 Å². The average Bonchev–Trinajstić information content (AvgIpc) is 2.63. The van der Waals surface area contributed by atoms with Gasteiger partial charge < -0.3 is 5.73 Å². The molecule has 0 unspecified atom stereocenters. The number of halogens is 1. The Kier molecular flexibility index (Phi) is 2.62. The zero-order valence-corrected chi connectivity index (χ0v) is 9.27. The van der Waals surface area contributed by atoms with Crippen LogP contribution in [0.2, 0.25) is 5.02 Å². The van der Waals surface area contributed by atoms with Crippen molar-refractivity contribution >= 4 is 23.5 Å². The predicted octanol–water partition coefficient (Wildman–Crippen LogP) is 1.51. The van der Waals surface area contributed by atoms with Crippen LogP contribution in [0.1, 0.15) is 15.9 Å². The summed E-state index contributed by atoms with van der Waals surface area (Å²) in [5, 5.41) is 7.46. The Bertz CT molecular complexity index is 550. The van der Waals surface area contributed by atoms with E-state index in [1.54, 1.807) is 18.2 Å². The second kappa shape index (κ2) is 3.94. The molecule has 0 fully saturated rings. The first-order valence-corrected chi connectivity index (χ1v) is 4.93. The number of hydrogen-bond donors (Lipinski definition) is 1. The van der Waals surface area contributed by atoms with Crippen molar-refractivity contribution in [3.63, 3.8) is 0 Å². The van der Waals surface area contributed by atoms with E-state index in [1.807, 2.05) is 6.92 Å². The van der Waals surface area contributed by atoms with E-state index in [9.17, 15) is 4.79 Å². The second-order valence-corrected chi connectivity index (χ2v) is 3.75. The number of nitrogens with two attached hydrogens (primary N) is 1. The van der Waals surface area contributed by atoms with E-state index in [0.717, 1.165) is 10.1 Å². The molecule has 6 heteroatoms. The third-order valence-corrected chi connectivity index (χ3v) is 2.46. The summed E-state index contributed by atoms with van der Waals surface area (Å²) >= 11 is 5.98. The molecule has 0 saturated carbocycles. The topological polar surface area (TPSA) is 73.8 Å². The molecule has 0 bridgehead atoms. The molecule has 5 nitrogen and oxygen atoms in total. The third-order valence-electron chi connectivity index (χ3n) is 2.15. The molecule has 2 aromatic rings. The molecule has 82 valence electrons. The van der Waals surface area contributed by atoms with Crippen molar-refractivity contribution in [2.24, 2.45) is 0 Å². The van der Waals surface area contributed by atoms with Crippen LogP contribution >= 0.6 is 11.6 Å². The van der Waals surface area contributed by atoms with E-state index in [1.165, 1.54) is 6.33 Å². The quantitative estimate of drug-likeness (QED) is 0.815. The lowest BCUT2D eigenvalue weighted by molar-refractivity contribution is 0.0962. The normalized spacial score (nSPS) is 10.4. The summed E-state index contributed by atoms with van der Waals surface area (Å²) in [5.41, 5.74) is 6.84. The first-order valence-electron chi connectivity index (χ1n) is 4.56. The predicted molar refractivity (Wildman–Crippen MR) is 60.4 cm³/mol. The molecule has 0 aliphatic carbocycles. The number of carbonyl (C=O) groups excluding carboxylic acids is 1. The molecule has 0 atom stereocenters. The highest BCUT2D eigenvalue weighted by Crippen LogP contribution is 2.19. The van der Waals surface area contributed by atoms with E-state index in [2.05, 4.69) is 10.2 Å². The van der Waals surface area contributed by atoms with Crippen LogP contribution in [0.3, 0.4) is 0 Å². The Morgan fingerprint density at radius 2 is 2.25 bits per heavy atom. The summed E-state index contributed by atoms with van der Waals surface area (Å²) in [4.78, 5) is 12.0. The number of carbonyl (C=O) groups is 1. The zero-order valence-electron chi connectivity index (χ0n) is 8.51. The van der Waals surface area contributed by atoms with E-state index in [-0.39, 0.29) is 11.9 Å². The summed E-state index contributed by atoms with van der Waals surface area (Å²) in [6.07, 6.45) is 1.26. The molecule has 0 radical (unpaired) electrons. The van der Waals surface area contributed by atoms with Gasteiger partial charge in [-0.2, -0.15) is 0 Å². The van der Waals surface area contributed by atoms with Crippen molar-refractivity contribution < 1.29 is 4.79 Å². The SMILES string of the molecule is Cc1ccc(C(=O)n2cnnc2N)c(Cl)c1. The molecule has 1 aromatic heterocycles. The fourth-order valence-corrected chi connectivity index (χ4v) is 1.64. The minimum atomic E-state index is -0.340. The summed E-state index contributed by atoms with van der Waals surface area (Å²) in [7, 11) is 0. The summed E-state index contributed by atoms with van der Waals surface area (Å²) in [6, 6.07) is 5.18. The molecule has 1 heterocycles. The van der Waals surface area contributed by atoms with Crippen molar-refractivity contribution in [1.29, 1.82) is 0 Å². The largest absolute Gasteiger partial charge is 0.368 e. The number of aromatic nitrogens is 3. The number of rotatable bonds is 1. The second-order valence-electron chi connectivity index (χ2n) is 3.35. The lowest BCUT2D eigenvalue weighted by Crippen LogP contribution is -2.14. The van der Waals surface area contributed by atoms with Crippen molar-refractivity contribution in [2.45, 2.75) is 6.92 Å². The number of nitrogens with zero attached hydrogens (tertiary/aromatic N) is 3. The van der Waals surface area contributed by atoms with Crippen LogP contribution < -0.4 is 5.73 Å². The number of anilines is 1. The van der Waals surface area contributed by atoms with Gasteiger partial charge in [-0.3, -0.25) is 4.79 Å². The standard InChI is InChI=1S/C10H9ClN4O/c1-6-2-3-7(8(11)4-6)9(16)15-5-13-14-10(15)12/h2-5H,1H3,(H2,12,14). The Balaban J connectivity index is 2.46. The average molecular weight is 237 g/mol. The molecule has 0 aliphatic rings. The highest BCUT2D eigenvalue weighted by Gasteiger charge is 2.14. The molecule has 2 rings (SSSR count). The highest BCUT2D eigenvalue weighted by molar-refractivity contribution is 6.34. The molecule has 0 aliphatic heterocycles. The fraction of sp³-hybridized carbons (Fsp3) is 0.100. The molecule has 0 saturated heterocycles. The van der Waals surface area contributed by atoms with Gasteiger partial charge in [0.15, 0.2) is 0 Å².